The fraction of sp³-hybridized carbons (Fsp3) is 0.364. The number of anilines is 1. The van der Waals surface area contributed by atoms with Crippen LogP contribution >= 0.6 is 11.6 Å². The molecule has 1 aromatic rings. The predicted octanol–water partition coefficient (Wildman–Crippen LogP) is 2.33. The van der Waals surface area contributed by atoms with Gasteiger partial charge in [-0.1, -0.05) is 17.7 Å². The van der Waals surface area contributed by atoms with Crippen LogP contribution in [0.25, 0.3) is 0 Å². The molecule has 0 aliphatic heterocycles. The van der Waals surface area contributed by atoms with Gasteiger partial charge >= 0.3 is 0 Å². The third-order valence-corrected chi connectivity index (χ3v) is 2.45. The predicted molar refractivity (Wildman–Crippen MR) is 60.9 cm³/mol. The molecule has 0 radical (unpaired) electrons. The van der Waals surface area contributed by atoms with Crippen molar-refractivity contribution in [3.63, 3.8) is 0 Å². The lowest BCUT2D eigenvalue weighted by Gasteiger charge is -2.10. The van der Waals surface area contributed by atoms with E-state index in [1.165, 1.54) is 0 Å². The number of hydrogen-bond acceptors (Lipinski definition) is 3. The quantitative estimate of drug-likeness (QED) is 0.826. The Morgan fingerprint density at radius 2 is 2.33 bits per heavy atom. The van der Waals surface area contributed by atoms with Crippen molar-refractivity contribution in [2.75, 3.05) is 11.9 Å². The summed E-state index contributed by atoms with van der Waals surface area (Å²) >= 11 is 5.94. The maximum atomic E-state index is 9.32. The summed E-state index contributed by atoms with van der Waals surface area (Å²) in [6.45, 7) is 2.28. The lowest BCUT2D eigenvalue weighted by atomic mass is 10.2. The van der Waals surface area contributed by atoms with Gasteiger partial charge in [0.05, 0.1) is 18.6 Å². The van der Waals surface area contributed by atoms with Crippen molar-refractivity contribution in [3.8, 4) is 6.07 Å². The summed E-state index contributed by atoms with van der Waals surface area (Å²) in [6, 6.07) is 7.50. The van der Waals surface area contributed by atoms with Crippen molar-refractivity contribution in [2.45, 2.75) is 19.4 Å². The van der Waals surface area contributed by atoms with Gasteiger partial charge in [-0.3, -0.25) is 0 Å². The van der Waals surface area contributed by atoms with Crippen molar-refractivity contribution in [1.29, 1.82) is 5.26 Å². The molecule has 0 spiro atoms. The van der Waals surface area contributed by atoms with E-state index < -0.39 is 6.10 Å². The molecule has 0 fully saturated rings. The van der Waals surface area contributed by atoms with Crippen LogP contribution in [0.1, 0.15) is 12.0 Å². The number of aliphatic hydroxyl groups excluding tert-OH is 1. The van der Waals surface area contributed by atoms with Crippen LogP contribution in [-0.4, -0.2) is 17.8 Å². The highest BCUT2D eigenvalue weighted by Crippen LogP contribution is 2.19. The minimum atomic E-state index is -0.643. The van der Waals surface area contributed by atoms with Gasteiger partial charge in [0.1, 0.15) is 0 Å². The molecule has 2 N–H and O–H groups in total. The van der Waals surface area contributed by atoms with Crippen LogP contribution in [0.3, 0.4) is 0 Å². The first kappa shape index (κ1) is 11.8. The molecule has 0 saturated heterocycles. The fourth-order valence-electron chi connectivity index (χ4n) is 1.12. The zero-order chi connectivity index (χ0) is 11.3. The van der Waals surface area contributed by atoms with Crippen molar-refractivity contribution < 1.29 is 5.11 Å². The van der Waals surface area contributed by atoms with E-state index in [0.717, 1.165) is 11.3 Å². The first-order valence-corrected chi connectivity index (χ1v) is 5.06. The topological polar surface area (TPSA) is 56.0 Å². The molecule has 0 saturated carbocycles. The van der Waals surface area contributed by atoms with Gasteiger partial charge in [0.25, 0.3) is 0 Å². The number of benzene rings is 1. The number of halogens is 1. The van der Waals surface area contributed by atoms with E-state index in [0.29, 0.717) is 11.6 Å². The number of hydrogen-bond donors (Lipinski definition) is 2. The highest BCUT2D eigenvalue weighted by molar-refractivity contribution is 6.31. The molecule has 3 nitrogen and oxygen atoms in total. The van der Waals surface area contributed by atoms with Gasteiger partial charge in [0.2, 0.25) is 0 Å². The average Bonchev–Trinajstić information content (AvgIpc) is 2.20. The van der Waals surface area contributed by atoms with Gasteiger partial charge in [-0.25, -0.2) is 0 Å². The van der Waals surface area contributed by atoms with E-state index in [1.54, 1.807) is 6.07 Å². The summed E-state index contributed by atoms with van der Waals surface area (Å²) in [5, 5.41) is 21.4. The summed E-state index contributed by atoms with van der Waals surface area (Å²) in [6.07, 6.45) is -0.512. The molecule has 1 aromatic carbocycles. The zero-order valence-electron chi connectivity index (χ0n) is 8.50. The minimum Gasteiger partial charge on any atom is -0.390 e. The molecule has 1 atom stereocenters. The van der Waals surface area contributed by atoms with Gasteiger partial charge < -0.3 is 10.4 Å². The second kappa shape index (κ2) is 5.59. The number of nitriles is 1. The number of rotatable bonds is 4. The smallest absolute Gasteiger partial charge is 0.0842 e. The average molecular weight is 225 g/mol. The third kappa shape index (κ3) is 3.78. The molecule has 0 aromatic heterocycles. The Morgan fingerprint density at radius 3 is 2.93 bits per heavy atom. The van der Waals surface area contributed by atoms with Crippen LogP contribution in [0.5, 0.6) is 0 Å². The minimum absolute atomic E-state index is 0.132. The molecule has 0 aliphatic carbocycles. The molecule has 80 valence electrons. The van der Waals surface area contributed by atoms with E-state index in [-0.39, 0.29) is 6.42 Å². The number of nitrogens with zero attached hydrogens (tertiary/aromatic N) is 1. The van der Waals surface area contributed by atoms with Crippen molar-refractivity contribution in [2.24, 2.45) is 0 Å². The number of aryl methyl sites for hydroxylation is 1. The molecule has 0 aliphatic rings. The monoisotopic (exact) mass is 224 g/mol. The van der Waals surface area contributed by atoms with E-state index in [1.807, 2.05) is 25.1 Å². The van der Waals surface area contributed by atoms with Crippen LogP contribution in [0.15, 0.2) is 18.2 Å². The molecule has 1 unspecified atom stereocenters. The molecule has 0 amide bonds. The Bertz CT molecular complexity index is 373. The Kier molecular flexibility index (Phi) is 4.41. The molecule has 0 heterocycles. The van der Waals surface area contributed by atoms with Crippen LogP contribution in [0, 0.1) is 18.3 Å². The summed E-state index contributed by atoms with van der Waals surface area (Å²) in [7, 11) is 0. The summed E-state index contributed by atoms with van der Waals surface area (Å²) < 4.78 is 0. The summed E-state index contributed by atoms with van der Waals surface area (Å²) in [5.74, 6) is 0. The van der Waals surface area contributed by atoms with Crippen LogP contribution in [0.2, 0.25) is 5.02 Å². The first-order valence-electron chi connectivity index (χ1n) is 4.68. The lowest BCUT2D eigenvalue weighted by molar-refractivity contribution is 0.193. The Morgan fingerprint density at radius 1 is 1.60 bits per heavy atom. The van der Waals surface area contributed by atoms with E-state index in [2.05, 4.69) is 5.32 Å². The van der Waals surface area contributed by atoms with Crippen LogP contribution < -0.4 is 5.32 Å². The van der Waals surface area contributed by atoms with E-state index in [9.17, 15) is 5.11 Å². The summed E-state index contributed by atoms with van der Waals surface area (Å²) in [5.41, 5.74) is 1.86. The lowest BCUT2D eigenvalue weighted by Crippen LogP contribution is -2.18. The van der Waals surface area contributed by atoms with Gasteiger partial charge in [0, 0.05) is 17.3 Å². The third-order valence-electron chi connectivity index (χ3n) is 2.04. The second-order valence-corrected chi connectivity index (χ2v) is 3.77. The van der Waals surface area contributed by atoms with Gasteiger partial charge in [-0.05, 0) is 24.6 Å². The second-order valence-electron chi connectivity index (χ2n) is 3.36. The van der Waals surface area contributed by atoms with Crippen molar-refractivity contribution in [1.82, 2.24) is 0 Å². The molecule has 4 heteroatoms. The van der Waals surface area contributed by atoms with Gasteiger partial charge in [-0.15, -0.1) is 0 Å². The molecule has 0 bridgehead atoms. The fourth-order valence-corrected chi connectivity index (χ4v) is 1.30. The van der Waals surface area contributed by atoms with Crippen molar-refractivity contribution >= 4 is 17.3 Å². The molecular weight excluding hydrogens is 212 g/mol. The Balaban J connectivity index is 2.51. The van der Waals surface area contributed by atoms with Crippen LogP contribution in [-0.2, 0) is 0 Å². The highest BCUT2D eigenvalue weighted by atomic mass is 35.5. The molecule has 1 rings (SSSR count). The van der Waals surface area contributed by atoms with Crippen molar-refractivity contribution in [3.05, 3.63) is 28.8 Å². The standard InChI is InChI=1S/C11H13ClN2O/c1-8-2-3-9(6-11(8)12)14-7-10(15)4-5-13/h2-3,6,10,14-15H,4,7H2,1H3. The van der Waals surface area contributed by atoms with E-state index in [4.69, 9.17) is 16.9 Å². The normalized spacial score (nSPS) is 11.9. The Hall–Kier alpha value is -1.24. The maximum Gasteiger partial charge on any atom is 0.0842 e. The number of nitrogens with one attached hydrogen (secondary N) is 1. The SMILES string of the molecule is Cc1ccc(NCC(O)CC#N)cc1Cl. The molecule has 15 heavy (non-hydrogen) atoms. The summed E-state index contributed by atoms with van der Waals surface area (Å²) in [4.78, 5) is 0. The largest absolute Gasteiger partial charge is 0.390 e. The molecular formula is C11H13ClN2O. The Labute approximate surface area is 94.3 Å². The first-order chi connectivity index (χ1) is 7.13. The van der Waals surface area contributed by atoms with Gasteiger partial charge in [-0.2, -0.15) is 5.26 Å². The van der Waals surface area contributed by atoms with Crippen LogP contribution in [0.4, 0.5) is 5.69 Å². The zero-order valence-corrected chi connectivity index (χ0v) is 9.25. The highest BCUT2D eigenvalue weighted by Gasteiger charge is 2.03. The number of aliphatic hydroxyl groups is 1. The maximum absolute atomic E-state index is 9.32. The van der Waals surface area contributed by atoms with E-state index >= 15 is 0 Å². The van der Waals surface area contributed by atoms with Gasteiger partial charge in [0.15, 0.2) is 0 Å².